The minimum atomic E-state index is -1.52. The van der Waals surface area contributed by atoms with Crippen LogP contribution in [0, 0.1) is 5.82 Å². The Labute approximate surface area is 129 Å². The fourth-order valence-electron chi connectivity index (χ4n) is 1.85. The Hall–Kier alpha value is -2.35. The van der Waals surface area contributed by atoms with Crippen LogP contribution in [-0.4, -0.2) is 29.5 Å². The van der Waals surface area contributed by atoms with Gasteiger partial charge in [0, 0.05) is 10.6 Å². The molecule has 1 heterocycles. The number of carbonyl (C=O) groups excluding carboxylic acids is 1. The van der Waals surface area contributed by atoms with E-state index in [1.807, 2.05) is 0 Å². The maximum Gasteiger partial charge on any atom is 0.440 e. The Morgan fingerprint density at radius 2 is 2.27 bits per heavy atom. The highest BCUT2D eigenvalue weighted by Gasteiger charge is 2.33. The maximum atomic E-state index is 14.1. The van der Waals surface area contributed by atoms with Gasteiger partial charge in [-0.3, -0.25) is 0 Å². The molecule has 0 N–H and O–H groups in total. The fourth-order valence-corrected chi connectivity index (χ4v) is 2.12. The molecule has 1 unspecified atom stereocenters. The highest BCUT2D eigenvalue weighted by Crippen LogP contribution is 2.29. The molecule has 1 atom stereocenters. The molecule has 22 heavy (non-hydrogen) atoms. The Bertz CT molecular complexity index is 722. The van der Waals surface area contributed by atoms with Crippen LogP contribution < -0.4 is 10.5 Å². The van der Waals surface area contributed by atoms with E-state index in [1.165, 1.54) is 19.2 Å². The summed E-state index contributed by atoms with van der Waals surface area (Å²) in [6, 6.07) is 2.34. The zero-order valence-electron chi connectivity index (χ0n) is 11.7. The van der Waals surface area contributed by atoms with Gasteiger partial charge in [-0.25, -0.2) is 14.0 Å². The van der Waals surface area contributed by atoms with Crippen LogP contribution in [-0.2, 0) is 9.53 Å². The number of nitrogens with zero attached hydrogens (tertiary/aromatic N) is 2. The predicted octanol–water partition coefficient (Wildman–Crippen LogP) is 1.79. The van der Waals surface area contributed by atoms with Crippen molar-refractivity contribution >= 4 is 17.6 Å². The van der Waals surface area contributed by atoms with Crippen molar-refractivity contribution in [2.24, 2.45) is 0 Å². The van der Waals surface area contributed by atoms with Crippen molar-refractivity contribution in [3.63, 3.8) is 0 Å². The summed E-state index contributed by atoms with van der Waals surface area (Å²) in [6.45, 7) is 1.61. The standard InChI is InChI=1S/C13H12ClFN2O5/c1-3-21-11(18)10(9-7(14)5-4-6-8(9)15)17-13(19)22-12(16-17)20-2/h4-6,10H,3H2,1-2H3. The molecule has 0 spiro atoms. The molecular weight excluding hydrogens is 319 g/mol. The van der Waals surface area contributed by atoms with E-state index in [1.54, 1.807) is 6.92 Å². The molecule has 0 fully saturated rings. The summed E-state index contributed by atoms with van der Waals surface area (Å²) in [4.78, 5) is 24.0. The first kappa shape index (κ1) is 16.0. The SMILES string of the molecule is CCOC(=O)C(c1c(F)cccc1Cl)n1nc(OC)oc1=O. The Kier molecular flexibility index (Phi) is 4.81. The van der Waals surface area contributed by atoms with E-state index in [4.69, 9.17) is 16.3 Å². The minimum Gasteiger partial charge on any atom is -0.464 e. The third kappa shape index (κ3) is 2.96. The molecule has 2 rings (SSSR count). The van der Waals surface area contributed by atoms with Crippen molar-refractivity contribution in [2.75, 3.05) is 13.7 Å². The highest BCUT2D eigenvalue weighted by atomic mass is 35.5. The zero-order chi connectivity index (χ0) is 16.3. The van der Waals surface area contributed by atoms with Gasteiger partial charge in [-0.2, -0.15) is 4.68 Å². The second-order valence-electron chi connectivity index (χ2n) is 4.07. The molecule has 0 aliphatic rings. The Morgan fingerprint density at radius 3 is 2.82 bits per heavy atom. The van der Waals surface area contributed by atoms with Gasteiger partial charge in [-0.05, 0) is 19.1 Å². The number of halogens is 2. The van der Waals surface area contributed by atoms with E-state index in [-0.39, 0.29) is 23.3 Å². The molecule has 0 saturated heterocycles. The van der Waals surface area contributed by atoms with Crippen LogP contribution in [0.15, 0.2) is 27.4 Å². The molecule has 118 valence electrons. The van der Waals surface area contributed by atoms with Crippen LogP contribution in [0.1, 0.15) is 18.5 Å². The Balaban J connectivity index is 2.64. The lowest BCUT2D eigenvalue weighted by atomic mass is 10.1. The second kappa shape index (κ2) is 6.61. The summed E-state index contributed by atoms with van der Waals surface area (Å²) in [6.07, 6.45) is -0.369. The molecule has 0 amide bonds. The van der Waals surface area contributed by atoms with Gasteiger partial charge in [0.1, 0.15) is 5.82 Å². The third-order valence-corrected chi connectivity index (χ3v) is 3.08. The van der Waals surface area contributed by atoms with Gasteiger partial charge in [-0.15, -0.1) is 0 Å². The number of carbonyl (C=O) groups is 1. The third-order valence-electron chi connectivity index (χ3n) is 2.75. The van der Waals surface area contributed by atoms with Gasteiger partial charge >= 0.3 is 17.8 Å². The normalized spacial score (nSPS) is 12.0. The van der Waals surface area contributed by atoms with Crippen LogP contribution in [0.5, 0.6) is 6.08 Å². The van der Waals surface area contributed by atoms with Crippen LogP contribution >= 0.6 is 11.6 Å². The lowest BCUT2D eigenvalue weighted by molar-refractivity contribution is -0.146. The van der Waals surface area contributed by atoms with Crippen molar-refractivity contribution in [3.8, 4) is 6.08 Å². The smallest absolute Gasteiger partial charge is 0.440 e. The minimum absolute atomic E-state index is 0.0329. The average Bonchev–Trinajstić information content (AvgIpc) is 2.84. The van der Waals surface area contributed by atoms with Crippen molar-refractivity contribution in [3.05, 3.63) is 45.2 Å². The van der Waals surface area contributed by atoms with Crippen LogP contribution in [0.3, 0.4) is 0 Å². The number of rotatable bonds is 5. The summed E-state index contributed by atoms with van der Waals surface area (Å²) in [7, 11) is 1.23. The van der Waals surface area contributed by atoms with E-state index < -0.39 is 23.6 Å². The molecule has 0 radical (unpaired) electrons. The molecule has 7 nitrogen and oxygen atoms in total. The van der Waals surface area contributed by atoms with Gasteiger partial charge in [-0.1, -0.05) is 22.8 Å². The number of benzene rings is 1. The van der Waals surface area contributed by atoms with Crippen molar-refractivity contribution in [2.45, 2.75) is 13.0 Å². The van der Waals surface area contributed by atoms with Crippen molar-refractivity contribution in [1.82, 2.24) is 9.78 Å². The molecule has 1 aromatic heterocycles. The van der Waals surface area contributed by atoms with Crippen LogP contribution in [0.25, 0.3) is 0 Å². The van der Waals surface area contributed by atoms with E-state index >= 15 is 0 Å². The van der Waals surface area contributed by atoms with E-state index in [9.17, 15) is 14.0 Å². The molecule has 0 bridgehead atoms. The summed E-state index contributed by atoms with van der Waals surface area (Å²) < 4.78 is 29.0. The molecule has 2 aromatic rings. The summed E-state index contributed by atoms with van der Waals surface area (Å²) in [5.74, 6) is -2.68. The fraction of sp³-hybridized carbons (Fsp3) is 0.308. The van der Waals surface area contributed by atoms with Gasteiger partial charge in [0.25, 0.3) is 0 Å². The first-order valence-electron chi connectivity index (χ1n) is 6.23. The Morgan fingerprint density at radius 1 is 1.55 bits per heavy atom. The maximum absolute atomic E-state index is 14.1. The van der Waals surface area contributed by atoms with Gasteiger partial charge in [0.15, 0.2) is 6.04 Å². The number of methoxy groups -OCH3 is 1. The zero-order valence-corrected chi connectivity index (χ0v) is 12.5. The molecule has 0 aliphatic heterocycles. The second-order valence-corrected chi connectivity index (χ2v) is 4.48. The van der Waals surface area contributed by atoms with Gasteiger partial charge in [0.2, 0.25) is 0 Å². The monoisotopic (exact) mass is 330 g/mol. The number of ether oxygens (including phenoxy) is 2. The quantitative estimate of drug-likeness (QED) is 0.777. The summed E-state index contributed by atoms with van der Waals surface area (Å²) >= 11 is 5.96. The van der Waals surface area contributed by atoms with Crippen molar-refractivity contribution in [1.29, 1.82) is 0 Å². The van der Waals surface area contributed by atoms with E-state index in [0.29, 0.717) is 4.68 Å². The van der Waals surface area contributed by atoms with Crippen molar-refractivity contribution < 1.29 is 23.1 Å². The van der Waals surface area contributed by atoms with E-state index in [0.717, 1.165) is 6.07 Å². The first-order valence-corrected chi connectivity index (χ1v) is 6.61. The number of hydrogen-bond acceptors (Lipinski definition) is 6. The molecular formula is C13H12ClFN2O5. The number of aromatic nitrogens is 2. The predicted molar refractivity (Wildman–Crippen MR) is 73.5 cm³/mol. The van der Waals surface area contributed by atoms with Gasteiger partial charge < -0.3 is 13.9 Å². The van der Waals surface area contributed by atoms with Crippen LogP contribution in [0.2, 0.25) is 5.02 Å². The number of hydrogen-bond donors (Lipinski definition) is 0. The van der Waals surface area contributed by atoms with E-state index in [2.05, 4.69) is 14.3 Å². The molecule has 1 aromatic carbocycles. The lowest BCUT2D eigenvalue weighted by Gasteiger charge is -2.16. The molecule has 9 heteroatoms. The molecule has 0 aliphatic carbocycles. The highest BCUT2D eigenvalue weighted by molar-refractivity contribution is 6.31. The topological polar surface area (TPSA) is 83.6 Å². The average molecular weight is 331 g/mol. The summed E-state index contributed by atoms with van der Waals surface area (Å²) in [5.41, 5.74) is -0.235. The number of esters is 1. The van der Waals surface area contributed by atoms with Crippen LogP contribution in [0.4, 0.5) is 4.39 Å². The summed E-state index contributed by atoms with van der Waals surface area (Å²) in [5, 5.41) is 3.63. The largest absolute Gasteiger partial charge is 0.464 e. The molecule has 0 saturated carbocycles. The van der Waals surface area contributed by atoms with Gasteiger partial charge in [0.05, 0.1) is 13.7 Å². The lowest BCUT2D eigenvalue weighted by Crippen LogP contribution is -2.31. The first-order chi connectivity index (χ1) is 10.5.